The molecule has 112 valence electrons. The average Bonchev–Trinajstić information content (AvgIpc) is 2.47. The minimum absolute atomic E-state index is 0.255. The van der Waals surface area contributed by atoms with Crippen LogP contribution in [0.4, 0.5) is 0 Å². The van der Waals surface area contributed by atoms with Crippen LogP contribution < -0.4 is 15.2 Å². The first kappa shape index (κ1) is 15.1. The van der Waals surface area contributed by atoms with Gasteiger partial charge in [-0.1, -0.05) is 12.8 Å². The molecule has 0 spiro atoms. The van der Waals surface area contributed by atoms with E-state index in [-0.39, 0.29) is 6.04 Å². The van der Waals surface area contributed by atoms with Gasteiger partial charge in [-0.15, -0.1) is 0 Å². The highest BCUT2D eigenvalue weighted by Gasteiger charge is 2.26. The first-order chi connectivity index (χ1) is 9.67. The van der Waals surface area contributed by atoms with Crippen molar-refractivity contribution in [2.24, 2.45) is 5.73 Å². The van der Waals surface area contributed by atoms with Crippen molar-refractivity contribution in [3.8, 4) is 11.5 Å². The van der Waals surface area contributed by atoms with E-state index in [2.05, 4.69) is 16.9 Å². The third-order valence-corrected chi connectivity index (χ3v) is 4.11. The van der Waals surface area contributed by atoms with Crippen molar-refractivity contribution >= 4 is 0 Å². The molecule has 0 bridgehead atoms. The molecule has 0 aliphatic heterocycles. The maximum Gasteiger partial charge on any atom is 0.183 e. The zero-order valence-electron chi connectivity index (χ0n) is 12.6. The summed E-state index contributed by atoms with van der Waals surface area (Å²) in [6.45, 7) is 0.721. The second-order valence-corrected chi connectivity index (χ2v) is 5.42. The normalized spacial score (nSPS) is 22.9. The molecule has 0 radical (unpaired) electrons. The summed E-state index contributed by atoms with van der Waals surface area (Å²) in [5.74, 6) is 1.44. The Morgan fingerprint density at radius 1 is 1.30 bits per heavy atom. The number of hydrogen-bond acceptors (Lipinski definition) is 5. The summed E-state index contributed by atoms with van der Waals surface area (Å²) >= 11 is 0. The van der Waals surface area contributed by atoms with Crippen molar-refractivity contribution in [2.45, 2.75) is 44.3 Å². The van der Waals surface area contributed by atoms with Gasteiger partial charge in [0.05, 0.1) is 14.2 Å². The van der Waals surface area contributed by atoms with Crippen molar-refractivity contribution in [2.75, 3.05) is 21.3 Å². The number of nitrogens with two attached hydrogens (primary N) is 1. The lowest BCUT2D eigenvalue weighted by Crippen LogP contribution is -2.47. The fourth-order valence-corrected chi connectivity index (χ4v) is 3.00. The van der Waals surface area contributed by atoms with Gasteiger partial charge in [-0.05, 0) is 19.9 Å². The monoisotopic (exact) mass is 279 g/mol. The largest absolute Gasteiger partial charge is 0.493 e. The lowest BCUT2D eigenvalue weighted by atomic mass is 9.90. The average molecular weight is 279 g/mol. The Morgan fingerprint density at radius 3 is 2.70 bits per heavy atom. The molecule has 1 aliphatic carbocycles. The van der Waals surface area contributed by atoms with Crippen LogP contribution in [0.5, 0.6) is 11.5 Å². The molecule has 1 heterocycles. The van der Waals surface area contributed by atoms with Crippen molar-refractivity contribution in [1.29, 1.82) is 0 Å². The lowest BCUT2D eigenvalue weighted by Gasteiger charge is -2.36. The van der Waals surface area contributed by atoms with Crippen LogP contribution >= 0.6 is 0 Å². The number of pyridine rings is 1. The summed E-state index contributed by atoms with van der Waals surface area (Å²) in [4.78, 5) is 6.72. The van der Waals surface area contributed by atoms with Gasteiger partial charge in [0, 0.05) is 30.9 Å². The molecule has 5 heteroatoms. The number of ether oxygens (including phenoxy) is 2. The van der Waals surface area contributed by atoms with E-state index in [0.29, 0.717) is 11.8 Å². The molecule has 2 unspecified atom stereocenters. The Balaban J connectivity index is 2.12. The second-order valence-electron chi connectivity index (χ2n) is 5.42. The summed E-state index contributed by atoms with van der Waals surface area (Å²) < 4.78 is 10.8. The number of methoxy groups -OCH3 is 2. The maximum absolute atomic E-state index is 6.24. The van der Waals surface area contributed by atoms with E-state index < -0.39 is 0 Å². The third kappa shape index (κ3) is 3.22. The van der Waals surface area contributed by atoms with Gasteiger partial charge in [0.2, 0.25) is 0 Å². The van der Waals surface area contributed by atoms with Crippen molar-refractivity contribution in [1.82, 2.24) is 9.88 Å². The fraction of sp³-hybridized carbons (Fsp3) is 0.667. The van der Waals surface area contributed by atoms with E-state index in [1.54, 1.807) is 20.4 Å². The molecule has 5 nitrogen and oxygen atoms in total. The number of aromatic nitrogens is 1. The van der Waals surface area contributed by atoms with Gasteiger partial charge in [0.15, 0.2) is 11.5 Å². The lowest BCUT2D eigenvalue weighted by molar-refractivity contribution is 0.159. The molecule has 0 aromatic carbocycles. The molecule has 0 amide bonds. The van der Waals surface area contributed by atoms with Crippen LogP contribution in [-0.4, -0.2) is 43.2 Å². The quantitative estimate of drug-likeness (QED) is 0.890. The number of likely N-dealkylation sites (N-methyl/N-ethyl adjacent to an activating group) is 1. The topological polar surface area (TPSA) is 60.6 Å². The minimum Gasteiger partial charge on any atom is -0.493 e. The van der Waals surface area contributed by atoms with Crippen LogP contribution in [0.3, 0.4) is 0 Å². The zero-order chi connectivity index (χ0) is 14.5. The zero-order valence-corrected chi connectivity index (χ0v) is 12.6. The smallest absolute Gasteiger partial charge is 0.183 e. The SMILES string of the molecule is COc1ccnc(CN(C)C2CCCCC2N)c1OC. The van der Waals surface area contributed by atoms with Gasteiger partial charge in [-0.3, -0.25) is 9.88 Å². The van der Waals surface area contributed by atoms with Gasteiger partial charge in [0.25, 0.3) is 0 Å². The Morgan fingerprint density at radius 2 is 2.05 bits per heavy atom. The molecule has 0 saturated heterocycles. The highest BCUT2D eigenvalue weighted by Crippen LogP contribution is 2.31. The molecule has 1 aromatic rings. The molecule has 2 N–H and O–H groups in total. The molecule has 1 fully saturated rings. The molecule has 1 aromatic heterocycles. The van der Waals surface area contributed by atoms with Gasteiger partial charge < -0.3 is 15.2 Å². The molecular formula is C15H25N3O2. The minimum atomic E-state index is 0.255. The van der Waals surface area contributed by atoms with Crippen molar-refractivity contribution < 1.29 is 9.47 Å². The Hall–Kier alpha value is -1.33. The van der Waals surface area contributed by atoms with Crippen molar-refractivity contribution in [3.63, 3.8) is 0 Å². The van der Waals surface area contributed by atoms with Crippen LogP contribution in [0, 0.1) is 0 Å². The fourth-order valence-electron chi connectivity index (χ4n) is 3.00. The van der Waals surface area contributed by atoms with Crippen LogP contribution in [0.2, 0.25) is 0 Å². The van der Waals surface area contributed by atoms with Gasteiger partial charge >= 0.3 is 0 Å². The summed E-state index contributed by atoms with van der Waals surface area (Å²) in [6.07, 6.45) is 6.52. The van der Waals surface area contributed by atoms with E-state index in [1.807, 2.05) is 6.07 Å². The number of nitrogens with zero attached hydrogens (tertiary/aromatic N) is 2. The molecular weight excluding hydrogens is 254 g/mol. The van der Waals surface area contributed by atoms with Crippen LogP contribution in [0.25, 0.3) is 0 Å². The number of hydrogen-bond donors (Lipinski definition) is 1. The van der Waals surface area contributed by atoms with Gasteiger partial charge in [-0.2, -0.15) is 0 Å². The molecule has 1 aliphatic rings. The molecule has 2 atom stereocenters. The Labute approximate surface area is 121 Å². The summed E-state index contributed by atoms with van der Waals surface area (Å²) in [7, 11) is 5.40. The summed E-state index contributed by atoms with van der Waals surface area (Å²) in [5, 5.41) is 0. The van der Waals surface area contributed by atoms with E-state index in [0.717, 1.165) is 30.8 Å². The van der Waals surface area contributed by atoms with Gasteiger partial charge in [-0.25, -0.2) is 0 Å². The van der Waals surface area contributed by atoms with E-state index in [9.17, 15) is 0 Å². The first-order valence-corrected chi connectivity index (χ1v) is 7.19. The van der Waals surface area contributed by atoms with Crippen LogP contribution in [0.15, 0.2) is 12.3 Å². The summed E-state index contributed by atoms with van der Waals surface area (Å²) in [5.41, 5.74) is 7.14. The predicted octanol–water partition coefficient (Wildman–Crippen LogP) is 1.80. The van der Waals surface area contributed by atoms with E-state index >= 15 is 0 Å². The highest BCUT2D eigenvalue weighted by molar-refractivity contribution is 5.42. The highest BCUT2D eigenvalue weighted by atomic mass is 16.5. The van der Waals surface area contributed by atoms with Gasteiger partial charge in [0.1, 0.15) is 5.69 Å². The standard InChI is InChI=1S/C15H25N3O2/c1-18(13-7-5-4-6-11(13)16)10-12-15(20-3)14(19-2)8-9-17-12/h8-9,11,13H,4-7,10,16H2,1-3H3. The first-order valence-electron chi connectivity index (χ1n) is 7.19. The molecule has 1 saturated carbocycles. The number of rotatable bonds is 5. The Bertz CT molecular complexity index is 439. The molecule has 2 rings (SSSR count). The summed E-state index contributed by atoms with van der Waals surface area (Å²) in [6, 6.07) is 2.49. The van der Waals surface area contributed by atoms with Crippen molar-refractivity contribution in [3.05, 3.63) is 18.0 Å². The van der Waals surface area contributed by atoms with E-state index in [1.165, 1.54) is 12.8 Å². The maximum atomic E-state index is 6.24. The van der Waals surface area contributed by atoms with Crippen LogP contribution in [0.1, 0.15) is 31.4 Å². The predicted molar refractivity (Wildman–Crippen MR) is 79.0 cm³/mol. The molecule has 20 heavy (non-hydrogen) atoms. The van der Waals surface area contributed by atoms with E-state index in [4.69, 9.17) is 15.2 Å². The second kappa shape index (κ2) is 6.90. The Kier molecular flexibility index (Phi) is 5.20. The third-order valence-electron chi connectivity index (χ3n) is 4.11. The van der Waals surface area contributed by atoms with Crippen LogP contribution in [-0.2, 0) is 6.54 Å².